The minimum atomic E-state index is -5.07. The van der Waals surface area contributed by atoms with Crippen LogP contribution in [-0.4, -0.2) is 97.7 Å². The molecule has 30 heavy (non-hydrogen) atoms. The molecule has 0 aliphatic carbocycles. The van der Waals surface area contributed by atoms with Crippen LogP contribution in [0.2, 0.25) is 0 Å². The number of likely N-dealkylation sites (tertiary alicyclic amines) is 1. The Morgan fingerprint density at radius 3 is 2.50 bits per heavy atom. The molecule has 13 heteroatoms. The number of rotatable bonds is 8. The molecule has 0 aromatic carbocycles. The smallest absolute Gasteiger partial charge is 0.388 e. The number of carbonyl (C=O) groups is 1. The number of halogens is 1. The molecule has 176 valence electrons. The first-order valence-electron chi connectivity index (χ1n) is 9.94. The summed E-state index contributed by atoms with van der Waals surface area (Å²) in [6, 6.07) is -1.38. The van der Waals surface area contributed by atoms with Crippen LogP contribution in [0.5, 0.6) is 0 Å². The number of amides is 1. The zero-order valence-electron chi connectivity index (χ0n) is 17.2. The third-order valence-electron chi connectivity index (χ3n) is 5.65. The van der Waals surface area contributed by atoms with Crippen molar-refractivity contribution in [1.82, 2.24) is 10.2 Å². The average Bonchev–Trinajstić information content (AvgIpc) is 2.99. The van der Waals surface area contributed by atoms with Crippen molar-refractivity contribution in [2.24, 2.45) is 5.92 Å². The number of phosphoric acid groups is 1. The number of likely N-dealkylation sites (N-methyl/N-ethyl adjacent to an activating group) is 1. The van der Waals surface area contributed by atoms with Gasteiger partial charge in [0.05, 0.1) is 17.5 Å². The second kappa shape index (κ2) is 10.5. The number of nitrogens with one attached hydrogen (secondary N) is 1. The molecule has 0 spiro atoms. The molecule has 2 saturated heterocycles. The summed E-state index contributed by atoms with van der Waals surface area (Å²) in [6.45, 7) is 4.42. The van der Waals surface area contributed by atoms with Gasteiger partial charge < -0.3 is 35.2 Å². The molecule has 2 heterocycles. The van der Waals surface area contributed by atoms with Gasteiger partial charge in [0.2, 0.25) is 5.91 Å². The molecular formula is C17H32ClN2O9P. The van der Waals surface area contributed by atoms with E-state index in [1.807, 2.05) is 11.9 Å². The highest BCUT2D eigenvalue weighted by Crippen LogP contribution is 2.41. The molecule has 2 aliphatic rings. The van der Waals surface area contributed by atoms with E-state index in [1.165, 1.54) is 0 Å². The number of carbonyl (C=O) groups excluding carboxylic acids is 1. The summed E-state index contributed by atoms with van der Waals surface area (Å²) >= 11 is 6.21. The number of phosphoric ester groups is 1. The summed E-state index contributed by atoms with van der Waals surface area (Å²) in [5.41, 5.74) is 0. The summed E-state index contributed by atoms with van der Waals surface area (Å²) in [5, 5.41) is 32.7. The Balaban J connectivity index is 2.11. The van der Waals surface area contributed by atoms with Gasteiger partial charge in [-0.05, 0) is 32.7 Å². The van der Waals surface area contributed by atoms with E-state index in [0.717, 1.165) is 19.4 Å². The molecule has 2 rings (SSSR count). The Labute approximate surface area is 180 Å². The first-order valence-corrected chi connectivity index (χ1v) is 11.9. The highest BCUT2D eigenvalue weighted by Gasteiger charge is 2.51. The van der Waals surface area contributed by atoms with Crippen LogP contribution in [0.15, 0.2) is 0 Å². The van der Waals surface area contributed by atoms with E-state index >= 15 is 0 Å². The van der Waals surface area contributed by atoms with Crippen molar-refractivity contribution in [1.29, 1.82) is 0 Å². The van der Waals surface area contributed by atoms with Gasteiger partial charge in [-0.2, -0.15) is 0 Å². The summed E-state index contributed by atoms with van der Waals surface area (Å²) < 4.78 is 20.6. The predicted octanol–water partition coefficient (Wildman–Crippen LogP) is -0.864. The first-order chi connectivity index (χ1) is 13.9. The van der Waals surface area contributed by atoms with Crippen LogP contribution in [0.1, 0.15) is 33.1 Å². The van der Waals surface area contributed by atoms with E-state index in [2.05, 4.69) is 16.8 Å². The van der Waals surface area contributed by atoms with Crippen LogP contribution in [0.3, 0.4) is 0 Å². The lowest BCUT2D eigenvalue weighted by molar-refractivity contribution is -0.282. The molecule has 0 aromatic rings. The van der Waals surface area contributed by atoms with E-state index in [-0.39, 0.29) is 11.9 Å². The quantitative estimate of drug-likeness (QED) is 0.192. The van der Waals surface area contributed by atoms with Crippen LogP contribution in [0, 0.1) is 5.92 Å². The monoisotopic (exact) mass is 474 g/mol. The van der Waals surface area contributed by atoms with E-state index in [0.29, 0.717) is 12.3 Å². The number of ether oxygens (including phenoxy) is 1. The number of nitrogens with zero attached hydrogens (tertiary/aromatic N) is 1. The number of hydrogen-bond donors (Lipinski definition) is 6. The highest BCUT2D eigenvalue weighted by molar-refractivity contribution is 7.46. The van der Waals surface area contributed by atoms with Crippen molar-refractivity contribution < 1.29 is 43.7 Å². The van der Waals surface area contributed by atoms with E-state index in [1.54, 1.807) is 6.92 Å². The van der Waals surface area contributed by atoms with Gasteiger partial charge in [0.1, 0.15) is 24.4 Å². The normalized spacial score (nSPS) is 37.7. The molecule has 4 unspecified atom stereocenters. The van der Waals surface area contributed by atoms with Gasteiger partial charge in [0, 0.05) is 6.54 Å². The minimum Gasteiger partial charge on any atom is -0.388 e. The number of aliphatic hydroxyl groups is 3. The fraction of sp³-hybridized carbons (Fsp3) is 0.941. The zero-order chi connectivity index (χ0) is 22.8. The Morgan fingerprint density at radius 1 is 1.33 bits per heavy atom. The lowest BCUT2D eigenvalue weighted by atomic mass is 9.92. The molecular weight excluding hydrogens is 443 g/mol. The fourth-order valence-corrected chi connectivity index (χ4v) is 4.95. The Hall–Kier alpha value is -0.330. The lowest BCUT2D eigenvalue weighted by Crippen LogP contribution is -2.66. The summed E-state index contributed by atoms with van der Waals surface area (Å²) in [5.74, 6) is 0.0790. The van der Waals surface area contributed by atoms with Crippen molar-refractivity contribution >= 4 is 25.3 Å². The van der Waals surface area contributed by atoms with Crippen LogP contribution in [0.25, 0.3) is 0 Å². The van der Waals surface area contributed by atoms with E-state index in [4.69, 9.17) is 26.1 Å². The molecule has 0 bridgehead atoms. The number of alkyl halides is 1. The predicted molar refractivity (Wildman–Crippen MR) is 106 cm³/mol. The molecule has 2 aliphatic heterocycles. The Kier molecular flexibility index (Phi) is 9.10. The van der Waals surface area contributed by atoms with Gasteiger partial charge in [-0.25, -0.2) is 4.57 Å². The lowest BCUT2D eigenvalue weighted by Gasteiger charge is -2.44. The van der Waals surface area contributed by atoms with Gasteiger partial charge in [0.25, 0.3) is 0 Å². The van der Waals surface area contributed by atoms with E-state index in [9.17, 15) is 24.7 Å². The Morgan fingerprint density at radius 2 is 1.97 bits per heavy atom. The standard InChI is InChI=1S/C17H32ClN2O9P/c1-4-5-9-6-10(20(3)7-9)16(23)19-11(8(2)18)14-12(21)13(22)15(17(24)28-14)29-30(25,26)27/h8-15,17,21-22,24H,4-7H2,1-3H3,(H,19,23)(H2,25,26,27)/t8?,9?,10?,11?,12-,13+,14-,15-,17+/m1/s1. The molecule has 2 fully saturated rings. The first kappa shape index (κ1) is 25.9. The fourth-order valence-electron chi connectivity index (χ4n) is 4.19. The van der Waals surface area contributed by atoms with Gasteiger partial charge in [-0.1, -0.05) is 13.3 Å². The molecule has 6 N–H and O–H groups in total. The second-order valence-corrected chi connectivity index (χ2v) is 9.97. The topological polar surface area (TPSA) is 169 Å². The van der Waals surface area contributed by atoms with Gasteiger partial charge in [-0.3, -0.25) is 14.2 Å². The van der Waals surface area contributed by atoms with Gasteiger partial charge >= 0.3 is 7.82 Å². The van der Waals surface area contributed by atoms with Crippen molar-refractivity contribution in [2.75, 3.05) is 13.6 Å². The van der Waals surface area contributed by atoms with Crippen LogP contribution in [-0.2, 0) is 18.6 Å². The minimum absolute atomic E-state index is 0.318. The molecule has 9 atom stereocenters. The molecule has 0 aromatic heterocycles. The van der Waals surface area contributed by atoms with Gasteiger partial charge in [-0.15, -0.1) is 11.6 Å². The average molecular weight is 475 g/mol. The van der Waals surface area contributed by atoms with Crippen LogP contribution >= 0.6 is 19.4 Å². The van der Waals surface area contributed by atoms with Crippen molar-refractivity contribution in [3.8, 4) is 0 Å². The second-order valence-electron chi connectivity index (χ2n) is 8.09. The molecule has 0 saturated carbocycles. The SMILES string of the molecule is CCCC1CC(C(=O)NC(C(C)Cl)[C@H]2O[C@H](O)[C@H](OP(=O)(O)O)[C@@H](O)[C@H]2O)N(C)C1. The summed E-state index contributed by atoms with van der Waals surface area (Å²) in [7, 11) is -3.22. The van der Waals surface area contributed by atoms with Crippen molar-refractivity contribution in [3.05, 3.63) is 0 Å². The zero-order valence-corrected chi connectivity index (χ0v) is 18.8. The Bertz CT molecular complexity index is 636. The number of aliphatic hydroxyl groups excluding tert-OH is 3. The summed E-state index contributed by atoms with van der Waals surface area (Å²) in [6.07, 6.45) is -6.08. The third kappa shape index (κ3) is 6.35. The maximum Gasteiger partial charge on any atom is 0.470 e. The summed E-state index contributed by atoms with van der Waals surface area (Å²) in [4.78, 5) is 32.7. The van der Waals surface area contributed by atoms with Crippen molar-refractivity contribution in [2.45, 2.75) is 81.3 Å². The van der Waals surface area contributed by atoms with Crippen molar-refractivity contribution in [3.63, 3.8) is 0 Å². The maximum absolute atomic E-state index is 12.9. The van der Waals surface area contributed by atoms with Crippen LogP contribution < -0.4 is 5.32 Å². The molecule has 11 nitrogen and oxygen atoms in total. The maximum atomic E-state index is 12.9. The van der Waals surface area contributed by atoms with E-state index < -0.39 is 49.9 Å². The number of hydrogen-bond acceptors (Lipinski definition) is 8. The highest BCUT2D eigenvalue weighted by atomic mass is 35.5. The molecule has 1 amide bonds. The van der Waals surface area contributed by atoms with Crippen LogP contribution in [0.4, 0.5) is 0 Å². The largest absolute Gasteiger partial charge is 0.470 e. The third-order valence-corrected chi connectivity index (χ3v) is 6.44. The molecule has 0 radical (unpaired) electrons. The van der Waals surface area contributed by atoms with Gasteiger partial charge in [0.15, 0.2) is 6.29 Å².